The molecular formula is C13H16N2O3. The first-order valence-electron chi connectivity index (χ1n) is 6.04. The van der Waals surface area contributed by atoms with Crippen LogP contribution in [0.25, 0.3) is 0 Å². The molecule has 0 bridgehead atoms. The van der Waals surface area contributed by atoms with E-state index in [9.17, 15) is 9.59 Å². The molecular weight excluding hydrogens is 232 g/mol. The van der Waals surface area contributed by atoms with Gasteiger partial charge in [0, 0.05) is 6.54 Å². The van der Waals surface area contributed by atoms with Gasteiger partial charge in [0.2, 0.25) is 5.91 Å². The van der Waals surface area contributed by atoms with Gasteiger partial charge in [-0.2, -0.15) is 0 Å². The Labute approximate surface area is 105 Å². The standard InChI is InChI=1S/C13H16N2O3/c1-2-3-6-15-8-12(16)14-10-5-4-9(13(17)18)7-11(10)15/h4-5,7H,2-3,6,8H2,1H3,(H,14,16)(H,17,18). The van der Waals surface area contributed by atoms with Crippen LogP contribution < -0.4 is 10.2 Å². The van der Waals surface area contributed by atoms with E-state index in [2.05, 4.69) is 12.2 Å². The van der Waals surface area contributed by atoms with Crippen LogP contribution in [0.4, 0.5) is 11.4 Å². The number of carboxylic acid groups (broad SMARTS) is 1. The Morgan fingerprint density at radius 2 is 2.28 bits per heavy atom. The minimum Gasteiger partial charge on any atom is -0.478 e. The topological polar surface area (TPSA) is 69.6 Å². The molecule has 1 aromatic rings. The van der Waals surface area contributed by atoms with Crippen LogP contribution in [0.3, 0.4) is 0 Å². The number of hydrogen-bond donors (Lipinski definition) is 2. The number of carboxylic acids is 1. The second-order valence-electron chi connectivity index (χ2n) is 4.36. The third-order valence-electron chi connectivity index (χ3n) is 2.98. The fraction of sp³-hybridized carbons (Fsp3) is 0.385. The highest BCUT2D eigenvalue weighted by Crippen LogP contribution is 2.30. The number of unbranched alkanes of at least 4 members (excludes halogenated alkanes) is 1. The van der Waals surface area contributed by atoms with Gasteiger partial charge in [-0.05, 0) is 24.6 Å². The summed E-state index contributed by atoms with van der Waals surface area (Å²) in [4.78, 5) is 24.4. The Morgan fingerprint density at radius 1 is 1.50 bits per heavy atom. The van der Waals surface area contributed by atoms with E-state index >= 15 is 0 Å². The van der Waals surface area contributed by atoms with Gasteiger partial charge in [-0.1, -0.05) is 13.3 Å². The minimum absolute atomic E-state index is 0.0540. The van der Waals surface area contributed by atoms with E-state index in [1.54, 1.807) is 12.1 Å². The van der Waals surface area contributed by atoms with Gasteiger partial charge in [0.1, 0.15) is 0 Å². The smallest absolute Gasteiger partial charge is 0.335 e. The second-order valence-corrected chi connectivity index (χ2v) is 4.36. The number of anilines is 2. The van der Waals surface area contributed by atoms with Crippen LogP contribution >= 0.6 is 0 Å². The van der Waals surface area contributed by atoms with E-state index in [4.69, 9.17) is 5.11 Å². The Hall–Kier alpha value is -2.04. The molecule has 5 heteroatoms. The zero-order chi connectivity index (χ0) is 13.1. The number of rotatable bonds is 4. The van der Waals surface area contributed by atoms with Crippen molar-refractivity contribution >= 4 is 23.3 Å². The molecule has 0 unspecified atom stereocenters. The Balaban J connectivity index is 2.34. The molecule has 2 N–H and O–H groups in total. The lowest BCUT2D eigenvalue weighted by molar-refractivity contribution is -0.115. The van der Waals surface area contributed by atoms with Crippen molar-refractivity contribution in [3.05, 3.63) is 23.8 Å². The number of nitrogens with one attached hydrogen (secondary N) is 1. The van der Waals surface area contributed by atoms with Gasteiger partial charge < -0.3 is 15.3 Å². The van der Waals surface area contributed by atoms with Crippen molar-refractivity contribution in [2.45, 2.75) is 19.8 Å². The number of fused-ring (bicyclic) bond motifs is 1. The van der Waals surface area contributed by atoms with Crippen molar-refractivity contribution in [2.75, 3.05) is 23.3 Å². The molecule has 0 saturated heterocycles. The summed E-state index contributed by atoms with van der Waals surface area (Å²) in [6.45, 7) is 3.13. The molecule has 1 amide bonds. The van der Waals surface area contributed by atoms with Gasteiger partial charge in [-0.15, -0.1) is 0 Å². The molecule has 0 atom stereocenters. The van der Waals surface area contributed by atoms with Gasteiger partial charge in [-0.25, -0.2) is 4.79 Å². The van der Waals surface area contributed by atoms with Crippen LogP contribution in [0, 0.1) is 0 Å². The predicted octanol–water partition coefficient (Wildman–Crippen LogP) is 1.94. The van der Waals surface area contributed by atoms with Crippen LogP contribution in [0.2, 0.25) is 0 Å². The maximum Gasteiger partial charge on any atom is 0.335 e. The first-order chi connectivity index (χ1) is 8.61. The molecule has 1 aliphatic heterocycles. The van der Waals surface area contributed by atoms with Gasteiger partial charge in [0.15, 0.2) is 0 Å². The SMILES string of the molecule is CCCCN1CC(=O)Nc2ccc(C(=O)O)cc21. The fourth-order valence-electron chi connectivity index (χ4n) is 2.03. The number of hydrogen-bond acceptors (Lipinski definition) is 3. The number of carbonyl (C=O) groups is 2. The molecule has 2 rings (SSSR count). The predicted molar refractivity (Wildman–Crippen MR) is 69.2 cm³/mol. The van der Waals surface area contributed by atoms with Crippen molar-refractivity contribution in [2.24, 2.45) is 0 Å². The summed E-state index contributed by atoms with van der Waals surface area (Å²) < 4.78 is 0. The summed E-state index contributed by atoms with van der Waals surface area (Å²) in [7, 11) is 0. The third-order valence-corrected chi connectivity index (χ3v) is 2.98. The average Bonchev–Trinajstić information content (AvgIpc) is 2.35. The summed E-state index contributed by atoms with van der Waals surface area (Å²) >= 11 is 0. The summed E-state index contributed by atoms with van der Waals surface area (Å²) in [5.74, 6) is -1.01. The number of nitrogens with zero attached hydrogens (tertiary/aromatic N) is 1. The fourth-order valence-corrected chi connectivity index (χ4v) is 2.03. The van der Waals surface area contributed by atoms with E-state index in [0.29, 0.717) is 5.69 Å². The first kappa shape index (κ1) is 12.4. The van der Waals surface area contributed by atoms with Crippen LogP contribution in [-0.2, 0) is 4.79 Å². The van der Waals surface area contributed by atoms with E-state index in [-0.39, 0.29) is 18.0 Å². The maximum atomic E-state index is 11.5. The first-order valence-corrected chi connectivity index (χ1v) is 6.04. The molecule has 96 valence electrons. The summed E-state index contributed by atoms with van der Waals surface area (Å²) in [5.41, 5.74) is 1.72. The minimum atomic E-state index is -0.954. The van der Waals surface area contributed by atoms with E-state index in [1.807, 2.05) is 4.90 Å². The Bertz CT molecular complexity index is 485. The number of carbonyl (C=O) groups excluding carboxylic acids is 1. The second kappa shape index (κ2) is 5.08. The lowest BCUT2D eigenvalue weighted by Crippen LogP contribution is -2.38. The number of aromatic carboxylic acids is 1. The van der Waals surface area contributed by atoms with Crippen LogP contribution in [0.1, 0.15) is 30.1 Å². The van der Waals surface area contributed by atoms with Crippen molar-refractivity contribution in [3.63, 3.8) is 0 Å². The van der Waals surface area contributed by atoms with Crippen molar-refractivity contribution in [1.82, 2.24) is 0 Å². The zero-order valence-corrected chi connectivity index (χ0v) is 10.3. The summed E-state index contributed by atoms with van der Waals surface area (Å²) in [5, 5.41) is 11.8. The third kappa shape index (κ3) is 2.45. The molecule has 18 heavy (non-hydrogen) atoms. The average molecular weight is 248 g/mol. The Kier molecular flexibility index (Phi) is 3.50. The maximum absolute atomic E-state index is 11.5. The van der Waals surface area contributed by atoms with Gasteiger partial charge in [0.05, 0.1) is 23.5 Å². The molecule has 0 saturated carbocycles. The van der Waals surface area contributed by atoms with Crippen molar-refractivity contribution in [1.29, 1.82) is 0 Å². The van der Waals surface area contributed by atoms with Crippen molar-refractivity contribution in [3.8, 4) is 0 Å². The highest BCUT2D eigenvalue weighted by Gasteiger charge is 2.22. The van der Waals surface area contributed by atoms with Gasteiger partial charge >= 0.3 is 5.97 Å². The van der Waals surface area contributed by atoms with Gasteiger partial charge in [-0.3, -0.25) is 4.79 Å². The lowest BCUT2D eigenvalue weighted by Gasteiger charge is -2.31. The van der Waals surface area contributed by atoms with Gasteiger partial charge in [0.25, 0.3) is 0 Å². The zero-order valence-electron chi connectivity index (χ0n) is 10.3. The molecule has 0 spiro atoms. The monoisotopic (exact) mass is 248 g/mol. The van der Waals surface area contributed by atoms with Crippen LogP contribution in [0.15, 0.2) is 18.2 Å². The molecule has 5 nitrogen and oxygen atoms in total. The quantitative estimate of drug-likeness (QED) is 0.854. The molecule has 0 aromatic heterocycles. The van der Waals surface area contributed by atoms with Crippen LogP contribution in [0.5, 0.6) is 0 Å². The van der Waals surface area contributed by atoms with E-state index in [1.165, 1.54) is 6.07 Å². The summed E-state index contributed by atoms with van der Waals surface area (Å²) in [6, 6.07) is 4.77. The van der Waals surface area contributed by atoms with E-state index < -0.39 is 5.97 Å². The molecule has 1 heterocycles. The summed E-state index contributed by atoms with van der Waals surface area (Å²) in [6.07, 6.45) is 2.01. The molecule has 0 fully saturated rings. The Morgan fingerprint density at radius 3 is 2.94 bits per heavy atom. The molecule has 1 aliphatic rings. The van der Waals surface area contributed by atoms with Crippen LogP contribution in [-0.4, -0.2) is 30.1 Å². The normalized spacial score (nSPS) is 14.1. The highest BCUT2D eigenvalue weighted by molar-refractivity contribution is 6.02. The number of amides is 1. The molecule has 1 aromatic carbocycles. The molecule has 0 radical (unpaired) electrons. The van der Waals surface area contributed by atoms with Crippen molar-refractivity contribution < 1.29 is 14.7 Å². The number of benzene rings is 1. The van der Waals surface area contributed by atoms with E-state index in [0.717, 1.165) is 25.1 Å². The molecule has 0 aliphatic carbocycles. The highest BCUT2D eigenvalue weighted by atomic mass is 16.4. The lowest BCUT2D eigenvalue weighted by atomic mass is 10.1. The largest absolute Gasteiger partial charge is 0.478 e.